The molecule has 0 saturated heterocycles. The average Bonchev–Trinajstić information content (AvgIpc) is 2.26. The lowest BCUT2D eigenvalue weighted by Gasteiger charge is -2.19. The number of benzene rings is 1. The minimum atomic E-state index is -0.476. The summed E-state index contributed by atoms with van der Waals surface area (Å²) in [6.07, 6.45) is 0. The first-order valence-corrected chi connectivity index (χ1v) is 5.48. The number of hydrogen-bond acceptors (Lipinski definition) is 4. The molecule has 0 aliphatic carbocycles. The van der Waals surface area contributed by atoms with Crippen molar-refractivity contribution in [2.75, 3.05) is 18.5 Å². The van der Waals surface area contributed by atoms with Crippen LogP contribution in [-0.2, 0) is 0 Å². The summed E-state index contributed by atoms with van der Waals surface area (Å²) in [5.41, 5.74) is 1.66. The van der Waals surface area contributed by atoms with E-state index in [0.717, 1.165) is 5.57 Å². The monoisotopic (exact) mass is 248 g/mol. The summed E-state index contributed by atoms with van der Waals surface area (Å²) in [7, 11) is 1.75. The summed E-state index contributed by atoms with van der Waals surface area (Å²) in [6, 6.07) is 4.50. The predicted octanol–water partition coefficient (Wildman–Crippen LogP) is 2.81. The Morgan fingerprint density at radius 1 is 1.44 bits per heavy atom. The van der Waals surface area contributed by atoms with Crippen molar-refractivity contribution < 1.29 is 9.72 Å². The number of likely N-dealkylation sites (N-methyl/N-ethyl adjacent to an activating group) is 1. The molecule has 1 aromatic carbocycles. The molecule has 0 atom stereocenters. The highest BCUT2D eigenvalue weighted by molar-refractivity contribution is 5.95. The fourth-order valence-corrected chi connectivity index (χ4v) is 1.70. The smallest absolute Gasteiger partial charge is 0.293 e. The van der Waals surface area contributed by atoms with Gasteiger partial charge in [-0.25, -0.2) is 0 Å². The van der Waals surface area contributed by atoms with Gasteiger partial charge in [-0.1, -0.05) is 12.2 Å². The molecule has 5 nitrogen and oxygen atoms in total. The Labute approximate surface area is 106 Å². The average molecular weight is 248 g/mol. The molecule has 0 aliphatic rings. The van der Waals surface area contributed by atoms with Crippen LogP contribution in [0, 0.1) is 10.1 Å². The van der Waals surface area contributed by atoms with Crippen molar-refractivity contribution in [3.63, 3.8) is 0 Å². The fraction of sp³-hybridized carbons (Fsp3) is 0.308. The largest absolute Gasteiger partial charge is 0.365 e. The van der Waals surface area contributed by atoms with E-state index in [-0.39, 0.29) is 11.5 Å². The zero-order valence-corrected chi connectivity index (χ0v) is 10.8. The normalized spacial score (nSPS) is 9.94. The van der Waals surface area contributed by atoms with Crippen LogP contribution in [0.4, 0.5) is 11.4 Å². The molecule has 0 aromatic heterocycles. The van der Waals surface area contributed by atoms with Crippen molar-refractivity contribution in [2.24, 2.45) is 0 Å². The second-order valence-electron chi connectivity index (χ2n) is 4.33. The van der Waals surface area contributed by atoms with E-state index < -0.39 is 4.92 Å². The van der Waals surface area contributed by atoms with Gasteiger partial charge in [0.1, 0.15) is 5.69 Å². The van der Waals surface area contributed by atoms with Crippen LogP contribution in [0.15, 0.2) is 30.4 Å². The van der Waals surface area contributed by atoms with E-state index in [4.69, 9.17) is 0 Å². The minimum Gasteiger partial charge on any atom is -0.365 e. The van der Waals surface area contributed by atoms with Crippen LogP contribution >= 0.6 is 0 Å². The summed E-state index contributed by atoms with van der Waals surface area (Å²) in [5.74, 6) is -0.188. The van der Waals surface area contributed by atoms with Crippen LogP contribution in [-0.4, -0.2) is 24.3 Å². The molecule has 0 N–H and O–H groups in total. The van der Waals surface area contributed by atoms with Crippen molar-refractivity contribution >= 4 is 17.2 Å². The predicted molar refractivity (Wildman–Crippen MR) is 71.2 cm³/mol. The van der Waals surface area contributed by atoms with Crippen molar-refractivity contribution in [3.05, 3.63) is 46.0 Å². The van der Waals surface area contributed by atoms with Crippen LogP contribution < -0.4 is 4.90 Å². The van der Waals surface area contributed by atoms with Gasteiger partial charge in [0.25, 0.3) is 5.69 Å². The van der Waals surface area contributed by atoms with Crippen LogP contribution in [0.5, 0.6) is 0 Å². The first kappa shape index (κ1) is 13.9. The molecular weight excluding hydrogens is 232 g/mol. The Bertz CT molecular complexity index is 509. The third-order valence-corrected chi connectivity index (χ3v) is 2.50. The summed E-state index contributed by atoms with van der Waals surface area (Å²) in [4.78, 5) is 23.5. The SMILES string of the molecule is C=C(C)CN(C)c1ccc(C(C)=O)cc1[N+](=O)[O-]. The summed E-state index contributed by atoms with van der Waals surface area (Å²) in [5, 5.41) is 11.0. The maximum atomic E-state index is 11.2. The summed E-state index contributed by atoms with van der Waals surface area (Å²) >= 11 is 0. The zero-order valence-electron chi connectivity index (χ0n) is 10.8. The molecule has 0 spiro atoms. The van der Waals surface area contributed by atoms with Crippen LogP contribution in [0.1, 0.15) is 24.2 Å². The van der Waals surface area contributed by atoms with E-state index in [1.54, 1.807) is 24.1 Å². The number of rotatable bonds is 5. The van der Waals surface area contributed by atoms with Crippen LogP contribution in [0.25, 0.3) is 0 Å². The van der Waals surface area contributed by atoms with Crippen molar-refractivity contribution in [3.8, 4) is 0 Å². The Balaban J connectivity index is 3.23. The van der Waals surface area contributed by atoms with Gasteiger partial charge in [0.2, 0.25) is 0 Å². The molecule has 0 amide bonds. The topological polar surface area (TPSA) is 63.5 Å². The number of Topliss-reactive ketones (excluding diaryl/α,β-unsaturated/α-hetero) is 1. The third kappa shape index (κ3) is 3.16. The highest BCUT2D eigenvalue weighted by Gasteiger charge is 2.18. The number of carbonyl (C=O) groups excluding carboxylic acids is 1. The van der Waals surface area contributed by atoms with Crippen LogP contribution in [0.3, 0.4) is 0 Å². The lowest BCUT2D eigenvalue weighted by Crippen LogP contribution is -2.20. The lowest BCUT2D eigenvalue weighted by atomic mass is 10.1. The molecule has 1 aromatic rings. The molecule has 1 rings (SSSR count). The zero-order chi connectivity index (χ0) is 13.9. The van der Waals surface area contributed by atoms with Gasteiger partial charge in [-0.2, -0.15) is 0 Å². The highest BCUT2D eigenvalue weighted by Crippen LogP contribution is 2.29. The van der Waals surface area contributed by atoms with Gasteiger partial charge in [-0.05, 0) is 26.0 Å². The van der Waals surface area contributed by atoms with Gasteiger partial charge in [0.15, 0.2) is 5.78 Å². The van der Waals surface area contributed by atoms with Gasteiger partial charge >= 0.3 is 0 Å². The molecule has 0 aliphatic heterocycles. The maximum Gasteiger partial charge on any atom is 0.293 e. The maximum absolute atomic E-state index is 11.2. The Kier molecular flexibility index (Phi) is 4.20. The second kappa shape index (κ2) is 5.44. The van der Waals surface area contributed by atoms with Gasteiger partial charge in [-0.15, -0.1) is 0 Å². The number of hydrogen-bond donors (Lipinski definition) is 0. The summed E-state index contributed by atoms with van der Waals surface area (Å²) in [6.45, 7) is 7.54. The van der Waals surface area contributed by atoms with Gasteiger partial charge in [0.05, 0.1) is 4.92 Å². The first-order valence-electron chi connectivity index (χ1n) is 5.48. The number of nitro benzene ring substituents is 1. The van der Waals surface area contributed by atoms with Gasteiger partial charge < -0.3 is 4.90 Å². The molecule has 0 heterocycles. The van der Waals surface area contributed by atoms with E-state index in [0.29, 0.717) is 17.8 Å². The van der Waals surface area contributed by atoms with Crippen molar-refractivity contribution in [1.82, 2.24) is 0 Å². The molecule has 0 fully saturated rings. The Morgan fingerprint density at radius 3 is 2.50 bits per heavy atom. The molecule has 0 unspecified atom stereocenters. The van der Waals surface area contributed by atoms with Crippen molar-refractivity contribution in [2.45, 2.75) is 13.8 Å². The molecule has 96 valence electrons. The van der Waals surface area contributed by atoms with Crippen molar-refractivity contribution in [1.29, 1.82) is 0 Å². The minimum absolute atomic E-state index is 0.0635. The third-order valence-electron chi connectivity index (χ3n) is 2.50. The second-order valence-corrected chi connectivity index (χ2v) is 4.33. The number of ketones is 1. The van der Waals surface area contributed by atoms with E-state index in [1.165, 1.54) is 13.0 Å². The molecular formula is C13H16N2O3. The quantitative estimate of drug-likeness (QED) is 0.348. The van der Waals surface area contributed by atoms with E-state index in [1.807, 2.05) is 6.92 Å². The molecule has 18 heavy (non-hydrogen) atoms. The Morgan fingerprint density at radius 2 is 2.06 bits per heavy atom. The number of nitrogens with zero attached hydrogens (tertiary/aromatic N) is 2. The highest BCUT2D eigenvalue weighted by atomic mass is 16.6. The number of carbonyl (C=O) groups is 1. The van der Waals surface area contributed by atoms with Gasteiger partial charge in [0, 0.05) is 25.2 Å². The summed E-state index contributed by atoms with van der Waals surface area (Å²) < 4.78 is 0. The first-order chi connectivity index (χ1) is 8.32. The lowest BCUT2D eigenvalue weighted by molar-refractivity contribution is -0.384. The molecule has 0 bridgehead atoms. The van der Waals surface area contributed by atoms with E-state index in [9.17, 15) is 14.9 Å². The fourth-order valence-electron chi connectivity index (χ4n) is 1.70. The molecule has 0 saturated carbocycles. The standard InChI is InChI=1S/C13H16N2O3/c1-9(2)8-14(4)12-6-5-11(10(3)16)7-13(12)15(17)18/h5-7H,1,8H2,2-4H3. The van der Waals surface area contributed by atoms with E-state index in [2.05, 4.69) is 6.58 Å². The van der Waals surface area contributed by atoms with Gasteiger partial charge in [-0.3, -0.25) is 14.9 Å². The Hall–Kier alpha value is -2.17. The number of anilines is 1. The van der Waals surface area contributed by atoms with Crippen LogP contribution in [0.2, 0.25) is 0 Å². The number of nitro groups is 1. The molecule has 0 radical (unpaired) electrons. The molecule has 5 heteroatoms. The van der Waals surface area contributed by atoms with E-state index >= 15 is 0 Å².